The molecule has 0 aliphatic heterocycles. The van der Waals surface area contributed by atoms with Crippen LogP contribution in [-0.2, 0) is 17.1 Å². The summed E-state index contributed by atoms with van der Waals surface area (Å²) in [4.78, 5) is 13.1. The Morgan fingerprint density at radius 3 is 2.50 bits per heavy atom. The van der Waals surface area contributed by atoms with Crippen molar-refractivity contribution < 1.29 is 17.6 Å². The molecule has 1 heterocycles. The summed E-state index contributed by atoms with van der Waals surface area (Å²) in [6, 6.07) is 8.04. The van der Waals surface area contributed by atoms with Crippen LogP contribution < -0.4 is 10.3 Å². The van der Waals surface area contributed by atoms with Crippen molar-refractivity contribution in [2.45, 2.75) is 4.90 Å². The first-order valence-electron chi connectivity index (χ1n) is 5.60. The van der Waals surface area contributed by atoms with Crippen molar-refractivity contribution in [1.29, 1.82) is 0 Å². The summed E-state index contributed by atoms with van der Waals surface area (Å²) in [6.07, 6.45) is 1.64. The van der Waals surface area contributed by atoms with Crippen LogP contribution in [0.3, 0.4) is 0 Å². The number of amides is 1. The molecule has 0 aliphatic carbocycles. The molecule has 2 aromatic rings. The van der Waals surface area contributed by atoms with Gasteiger partial charge in [-0.05, 0) is 24.3 Å². The minimum absolute atomic E-state index is 0.265. The van der Waals surface area contributed by atoms with Crippen LogP contribution in [0.5, 0.6) is 0 Å². The lowest BCUT2D eigenvalue weighted by Gasteiger charge is -2.09. The minimum Gasteiger partial charge on any atom is -0.347 e. The molecular weight excluding hydrogens is 285 g/mol. The maximum Gasteiger partial charge on any atom is 0.282 e. The van der Waals surface area contributed by atoms with Crippen molar-refractivity contribution in [2.24, 2.45) is 7.05 Å². The summed E-state index contributed by atoms with van der Waals surface area (Å²) >= 11 is 0. The maximum atomic E-state index is 13.4. The fourth-order valence-corrected chi connectivity index (χ4v) is 2.51. The van der Waals surface area contributed by atoms with Gasteiger partial charge in [0.2, 0.25) is 0 Å². The minimum atomic E-state index is -4.16. The third-order valence-electron chi connectivity index (χ3n) is 2.60. The van der Waals surface area contributed by atoms with E-state index in [-0.39, 0.29) is 5.69 Å². The zero-order chi connectivity index (χ0) is 14.8. The van der Waals surface area contributed by atoms with E-state index >= 15 is 0 Å². The van der Waals surface area contributed by atoms with Crippen molar-refractivity contribution in [3.05, 3.63) is 54.1 Å². The van der Waals surface area contributed by atoms with E-state index in [0.29, 0.717) is 0 Å². The van der Waals surface area contributed by atoms with Crippen molar-refractivity contribution in [3.63, 3.8) is 0 Å². The number of halogens is 1. The molecule has 20 heavy (non-hydrogen) atoms. The molecule has 6 nitrogen and oxygen atoms in total. The molecule has 2 rings (SSSR count). The number of aromatic nitrogens is 1. The Bertz CT molecular complexity index is 740. The summed E-state index contributed by atoms with van der Waals surface area (Å²) in [5.41, 5.74) is 2.29. The molecule has 0 unspecified atom stereocenters. The van der Waals surface area contributed by atoms with Crippen molar-refractivity contribution in [1.82, 2.24) is 14.8 Å². The van der Waals surface area contributed by atoms with Gasteiger partial charge >= 0.3 is 0 Å². The highest BCUT2D eigenvalue weighted by Gasteiger charge is 2.19. The lowest BCUT2D eigenvalue weighted by Crippen LogP contribution is -2.42. The topological polar surface area (TPSA) is 80.2 Å². The number of benzene rings is 1. The second-order valence-electron chi connectivity index (χ2n) is 3.99. The van der Waals surface area contributed by atoms with Gasteiger partial charge in [0.15, 0.2) is 0 Å². The fourth-order valence-electron chi connectivity index (χ4n) is 1.59. The molecule has 0 fully saturated rings. The Balaban J connectivity index is 2.13. The van der Waals surface area contributed by atoms with Crippen LogP contribution in [0.2, 0.25) is 0 Å². The monoisotopic (exact) mass is 297 g/mol. The number of hydrogen-bond donors (Lipinski definition) is 2. The second kappa shape index (κ2) is 5.43. The SMILES string of the molecule is Cn1cccc1C(=O)NNS(=O)(=O)c1ccccc1F. The summed E-state index contributed by atoms with van der Waals surface area (Å²) in [5, 5.41) is 0. The number of hydrogen-bond acceptors (Lipinski definition) is 3. The first kappa shape index (κ1) is 14.2. The number of aryl methyl sites for hydroxylation is 1. The van der Waals surface area contributed by atoms with E-state index in [1.807, 2.05) is 10.3 Å². The zero-order valence-corrected chi connectivity index (χ0v) is 11.3. The molecule has 106 valence electrons. The zero-order valence-electron chi connectivity index (χ0n) is 10.5. The Kier molecular flexibility index (Phi) is 3.86. The van der Waals surface area contributed by atoms with Gasteiger partial charge in [0.1, 0.15) is 16.4 Å². The van der Waals surface area contributed by atoms with Crippen molar-refractivity contribution >= 4 is 15.9 Å². The molecule has 1 aromatic heterocycles. The number of nitrogens with zero attached hydrogens (tertiary/aromatic N) is 1. The van der Waals surface area contributed by atoms with Gasteiger partial charge in [-0.25, -0.2) is 12.8 Å². The summed E-state index contributed by atoms with van der Waals surface area (Å²) < 4.78 is 38.6. The van der Waals surface area contributed by atoms with E-state index in [1.54, 1.807) is 19.3 Å². The summed E-state index contributed by atoms with van der Waals surface area (Å²) in [6.45, 7) is 0. The molecule has 2 N–H and O–H groups in total. The van der Waals surface area contributed by atoms with Gasteiger partial charge in [-0.15, -0.1) is 4.83 Å². The van der Waals surface area contributed by atoms with Gasteiger partial charge in [0, 0.05) is 13.2 Å². The highest BCUT2D eigenvalue weighted by Crippen LogP contribution is 2.12. The van der Waals surface area contributed by atoms with Crippen LogP contribution in [0.15, 0.2) is 47.5 Å². The van der Waals surface area contributed by atoms with Crippen LogP contribution in [0.25, 0.3) is 0 Å². The third kappa shape index (κ3) is 2.86. The molecule has 0 atom stereocenters. The van der Waals surface area contributed by atoms with Gasteiger partial charge in [-0.2, -0.15) is 0 Å². The average Bonchev–Trinajstić information content (AvgIpc) is 2.83. The van der Waals surface area contributed by atoms with Gasteiger partial charge in [0.05, 0.1) is 0 Å². The summed E-state index contributed by atoms with van der Waals surface area (Å²) in [5.74, 6) is -1.54. The Morgan fingerprint density at radius 2 is 1.90 bits per heavy atom. The molecule has 0 saturated heterocycles. The van der Waals surface area contributed by atoms with Crippen LogP contribution in [-0.4, -0.2) is 18.9 Å². The lowest BCUT2D eigenvalue weighted by molar-refractivity contribution is 0.0937. The average molecular weight is 297 g/mol. The van der Waals surface area contributed by atoms with Crippen LogP contribution in [0, 0.1) is 5.82 Å². The van der Waals surface area contributed by atoms with Crippen LogP contribution in [0.4, 0.5) is 4.39 Å². The largest absolute Gasteiger partial charge is 0.347 e. The number of nitrogens with one attached hydrogen (secondary N) is 2. The predicted octanol–water partition coefficient (Wildman–Crippen LogP) is 0.787. The standard InChI is InChI=1S/C12H12FN3O3S/c1-16-8-4-6-10(16)12(17)14-15-20(18,19)11-7-3-2-5-9(11)13/h2-8,15H,1H3,(H,14,17). The number of carbonyl (C=O) groups excluding carboxylic acids is 1. The molecule has 8 heteroatoms. The Hall–Kier alpha value is -2.19. The Labute approximate surface area is 115 Å². The number of rotatable bonds is 4. The highest BCUT2D eigenvalue weighted by molar-refractivity contribution is 7.89. The van der Waals surface area contributed by atoms with E-state index < -0.39 is 26.6 Å². The predicted molar refractivity (Wildman–Crippen MR) is 69.6 cm³/mol. The molecule has 1 amide bonds. The third-order valence-corrected chi connectivity index (χ3v) is 3.88. The molecule has 1 aromatic carbocycles. The van der Waals surface area contributed by atoms with Gasteiger partial charge in [0.25, 0.3) is 15.9 Å². The van der Waals surface area contributed by atoms with Crippen LogP contribution in [0.1, 0.15) is 10.5 Å². The second-order valence-corrected chi connectivity index (χ2v) is 5.65. The first-order chi connectivity index (χ1) is 9.42. The lowest BCUT2D eigenvalue weighted by atomic mass is 10.4. The van der Waals surface area contributed by atoms with E-state index in [2.05, 4.69) is 0 Å². The molecular formula is C12H12FN3O3S. The first-order valence-corrected chi connectivity index (χ1v) is 7.08. The van der Waals surface area contributed by atoms with Crippen LogP contribution >= 0.6 is 0 Å². The normalized spacial score (nSPS) is 11.3. The smallest absolute Gasteiger partial charge is 0.282 e. The number of sulfonamides is 1. The molecule has 0 radical (unpaired) electrons. The summed E-state index contributed by atoms with van der Waals surface area (Å²) in [7, 11) is -2.52. The van der Waals surface area contributed by atoms with Gasteiger partial charge in [-0.3, -0.25) is 10.2 Å². The van der Waals surface area contributed by atoms with Gasteiger partial charge in [-0.1, -0.05) is 12.1 Å². The Morgan fingerprint density at radius 1 is 1.20 bits per heavy atom. The van der Waals surface area contributed by atoms with E-state index in [9.17, 15) is 17.6 Å². The number of carbonyl (C=O) groups is 1. The van der Waals surface area contributed by atoms with Gasteiger partial charge < -0.3 is 4.57 Å². The molecule has 0 aliphatic rings. The van der Waals surface area contributed by atoms with E-state index in [4.69, 9.17) is 0 Å². The van der Waals surface area contributed by atoms with E-state index in [0.717, 1.165) is 12.1 Å². The highest BCUT2D eigenvalue weighted by atomic mass is 32.2. The molecule has 0 spiro atoms. The molecule has 0 saturated carbocycles. The van der Waals surface area contributed by atoms with Crippen molar-refractivity contribution in [2.75, 3.05) is 0 Å². The maximum absolute atomic E-state index is 13.4. The van der Waals surface area contributed by atoms with Crippen molar-refractivity contribution in [3.8, 4) is 0 Å². The fraction of sp³-hybridized carbons (Fsp3) is 0.0833. The number of hydrazine groups is 1. The van der Waals surface area contributed by atoms with E-state index in [1.165, 1.54) is 22.8 Å². The quantitative estimate of drug-likeness (QED) is 0.819. The molecule has 0 bridgehead atoms.